The van der Waals surface area contributed by atoms with E-state index in [-0.39, 0.29) is 17.9 Å². The van der Waals surface area contributed by atoms with Crippen molar-refractivity contribution in [2.45, 2.75) is 77.4 Å². The van der Waals surface area contributed by atoms with Crippen LogP contribution in [0.4, 0.5) is 0 Å². The van der Waals surface area contributed by atoms with Crippen LogP contribution < -0.4 is 5.32 Å². The SMILES string of the molecule is CCc1ccc(CCC(=O)N(Cc2ccccc2)[C@@H](C)C(=O)NC2CCCC2)cc1. The van der Waals surface area contributed by atoms with Crippen molar-refractivity contribution in [3.63, 3.8) is 0 Å². The van der Waals surface area contributed by atoms with Crippen molar-refractivity contribution < 1.29 is 9.59 Å². The van der Waals surface area contributed by atoms with E-state index in [9.17, 15) is 9.59 Å². The predicted octanol–water partition coefficient (Wildman–Crippen LogP) is 4.66. The highest BCUT2D eigenvalue weighted by Crippen LogP contribution is 2.19. The van der Waals surface area contributed by atoms with Gasteiger partial charge in [-0.25, -0.2) is 0 Å². The summed E-state index contributed by atoms with van der Waals surface area (Å²) in [5.74, 6) is -0.0222. The molecule has 1 aliphatic carbocycles. The predicted molar refractivity (Wildman–Crippen MR) is 121 cm³/mol. The first kappa shape index (κ1) is 22.1. The topological polar surface area (TPSA) is 49.4 Å². The lowest BCUT2D eigenvalue weighted by molar-refractivity contribution is -0.140. The molecule has 4 heteroatoms. The molecule has 0 aliphatic heterocycles. The van der Waals surface area contributed by atoms with Gasteiger partial charge in [0.15, 0.2) is 0 Å². The zero-order valence-corrected chi connectivity index (χ0v) is 18.3. The van der Waals surface area contributed by atoms with Gasteiger partial charge in [-0.2, -0.15) is 0 Å². The van der Waals surface area contributed by atoms with Gasteiger partial charge in [0.1, 0.15) is 6.04 Å². The normalized spacial score (nSPS) is 15.0. The van der Waals surface area contributed by atoms with Gasteiger partial charge < -0.3 is 10.2 Å². The Hall–Kier alpha value is -2.62. The first-order chi connectivity index (χ1) is 14.6. The highest BCUT2D eigenvalue weighted by molar-refractivity contribution is 5.87. The van der Waals surface area contributed by atoms with Crippen molar-refractivity contribution in [2.75, 3.05) is 0 Å². The quantitative estimate of drug-likeness (QED) is 0.659. The Morgan fingerprint density at radius 2 is 1.60 bits per heavy atom. The van der Waals surface area contributed by atoms with Crippen LogP contribution in [-0.4, -0.2) is 28.8 Å². The number of hydrogen-bond donors (Lipinski definition) is 1. The summed E-state index contributed by atoms with van der Waals surface area (Å²) in [6, 6.07) is 18.1. The van der Waals surface area contributed by atoms with Crippen molar-refractivity contribution in [2.24, 2.45) is 0 Å². The molecule has 1 saturated carbocycles. The number of carbonyl (C=O) groups is 2. The van der Waals surface area contributed by atoms with E-state index in [1.54, 1.807) is 4.90 Å². The second-order valence-corrected chi connectivity index (χ2v) is 8.34. The minimum atomic E-state index is -0.485. The molecule has 0 unspecified atom stereocenters. The molecule has 3 rings (SSSR count). The van der Waals surface area contributed by atoms with Crippen LogP contribution in [0.3, 0.4) is 0 Å². The van der Waals surface area contributed by atoms with Gasteiger partial charge in [-0.05, 0) is 49.3 Å². The highest BCUT2D eigenvalue weighted by Gasteiger charge is 2.28. The molecule has 1 atom stereocenters. The molecular formula is C26H34N2O2. The molecule has 0 spiro atoms. The number of hydrogen-bond acceptors (Lipinski definition) is 2. The molecule has 0 bridgehead atoms. The van der Waals surface area contributed by atoms with Crippen LogP contribution >= 0.6 is 0 Å². The fourth-order valence-electron chi connectivity index (χ4n) is 4.09. The first-order valence-corrected chi connectivity index (χ1v) is 11.3. The third-order valence-electron chi connectivity index (χ3n) is 6.12. The second kappa shape index (κ2) is 11.0. The van der Waals surface area contributed by atoms with Crippen molar-refractivity contribution in [1.29, 1.82) is 0 Å². The minimum Gasteiger partial charge on any atom is -0.352 e. The third kappa shape index (κ3) is 6.19. The molecule has 0 heterocycles. The Balaban J connectivity index is 1.66. The van der Waals surface area contributed by atoms with E-state index in [0.29, 0.717) is 19.4 Å². The van der Waals surface area contributed by atoms with Gasteiger partial charge in [0, 0.05) is 19.0 Å². The summed E-state index contributed by atoms with van der Waals surface area (Å²) < 4.78 is 0. The van der Waals surface area contributed by atoms with Crippen LogP contribution in [0, 0.1) is 0 Å². The largest absolute Gasteiger partial charge is 0.352 e. The van der Waals surface area contributed by atoms with Gasteiger partial charge in [-0.3, -0.25) is 9.59 Å². The highest BCUT2D eigenvalue weighted by atomic mass is 16.2. The summed E-state index contributed by atoms with van der Waals surface area (Å²) in [5.41, 5.74) is 3.50. The Morgan fingerprint density at radius 3 is 2.23 bits per heavy atom. The zero-order valence-electron chi connectivity index (χ0n) is 18.3. The molecule has 1 fully saturated rings. The van der Waals surface area contributed by atoms with E-state index in [4.69, 9.17) is 0 Å². The van der Waals surface area contributed by atoms with Crippen molar-refractivity contribution in [3.8, 4) is 0 Å². The fraction of sp³-hybridized carbons (Fsp3) is 0.462. The molecule has 0 aromatic heterocycles. The molecule has 0 radical (unpaired) electrons. The molecule has 2 aromatic carbocycles. The van der Waals surface area contributed by atoms with Crippen molar-refractivity contribution in [3.05, 3.63) is 71.3 Å². The van der Waals surface area contributed by atoms with E-state index in [0.717, 1.165) is 30.4 Å². The van der Waals surface area contributed by atoms with E-state index >= 15 is 0 Å². The van der Waals surface area contributed by atoms with Gasteiger partial charge in [-0.15, -0.1) is 0 Å². The summed E-state index contributed by atoms with van der Waals surface area (Å²) in [6.45, 7) is 4.44. The van der Waals surface area contributed by atoms with Crippen LogP contribution in [-0.2, 0) is 29.0 Å². The van der Waals surface area contributed by atoms with E-state index in [2.05, 4.69) is 36.5 Å². The maximum Gasteiger partial charge on any atom is 0.242 e. The van der Waals surface area contributed by atoms with Gasteiger partial charge in [0.05, 0.1) is 0 Å². The maximum atomic E-state index is 13.2. The monoisotopic (exact) mass is 406 g/mol. The Labute approximate surface area is 180 Å². The zero-order chi connectivity index (χ0) is 21.3. The van der Waals surface area contributed by atoms with Crippen LogP contribution in [0.5, 0.6) is 0 Å². The summed E-state index contributed by atoms with van der Waals surface area (Å²) in [4.78, 5) is 27.8. The molecular weight excluding hydrogens is 372 g/mol. The van der Waals surface area contributed by atoms with Gasteiger partial charge in [0.25, 0.3) is 0 Å². The lowest BCUT2D eigenvalue weighted by atomic mass is 10.0. The molecule has 1 aliphatic rings. The smallest absolute Gasteiger partial charge is 0.242 e. The van der Waals surface area contributed by atoms with Crippen molar-refractivity contribution in [1.82, 2.24) is 10.2 Å². The number of nitrogens with one attached hydrogen (secondary N) is 1. The molecule has 2 amide bonds. The fourth-order valence-corrected chi connectivity index (χ4v) is 4.09. The van der Waals surface area contributed by atoms with Crippen LogP contribution in [0.25, 0.3) is 0 Å². The van der Waals surface area contributed by atoms with E-state index in [1.165, 1.54) is 18.4 Å². The summed E-state index contributed by atoms with van der Waals surface area (Å²) in [7, 11) is 0. The average molecular weight is 407 g/mol. The molecule has 4 nitrogen and oxygen atoms in total. The summed E-state index contributed by atoms with van der Waals surface area (Å²) in [6.07, 6.45) is 6.52. The first-order valence-electron chi connectivity index (χ1n) is 11.3. The molecule has 1 N–H and O–H groups in total. The Kier molecular flexibility index (Phi) is 8.06. The third-order valence-corrected chi connectivity index (χ3v) is 6.12. The van der Waals surface area contributed by atoms with E-state index < -0.39 is 6.04 Å². The molecule has 160 valence electrons. The number of amides is 2. The Morgan fingerprint density at radius 1 is 0.967 bits per heavy atom. The standard InChI is InChI=1S/C26H34N2O2/c1-3-21-13-15-22(16-14-21)17-18-25(29)28(19-23-9-5-4-6-10-23)20(2)26(30)27-24-11-7-8-12-24/h4-6,9-10,13-16,20,24H,3,7-8,11-12,17-19H2,1-2H3,(H,27,30)/t20-/m0/s1. The molecule has 0 saturated heterocycles. The summed E-state index contributed by atoms with van der Waals surface area (Å²) >= 11 is 0. The van der Waals surface area contributed by atoms with Crippen LogP contribution in [0.2, 0.25) is 0 Å². The van der Waals surface area contributed by atoms with Crippen molar-refractivity contribution >= 4 is 11.8 Å². The summed E-state index contributed by atoms with van der Waals surface area (Å²) in [5, 5.41) is 3.15. The lowest BCUT2D eigenvalue weighted by Crippen LogP contribution is -2.49. The number of carbonyl (C=O) groups excluding carboxylic acids is 2. The molecule has 30 heavy (non-hydrogen) atoms. The maximum absolute atomic E-state index is 13.2. The molecule has 2 aromatic rings. The van der Waals surface area contributed by atoms with Gasteiger partial charge >= 0.3 is 0 Å². The minimum absolute atomic E-state index is 0.0208. The van der Waals surface area contributed by atoms with E-state index in [1.807, 2.05) is 37.3 Å². The lowest BCUT2D eigenvalue weighted by Gasteiger charge is -2.30. The number of aryl methyl sites for hydroxylation is 2. The second-order valence-electron chi connectivity index (χ2n) is 8.34. The average Bonchev–Trinajstić information content (AvgIpc) is 3.29. The number of benzene rings is 2. The van der Waals surface area contributed by atoms with Crippen LogP contribution in [0.1, 0.15) is 62.6 Å². The van der Waals surface area contributed by atoms with Gasteiger partial charge in [-0.1, -0.05) is 74.4 Å². The Bertz CT molecular complexity index is 811. The van der Waals surface area contributed by atoms with Gasteiger partial charge in [0.2, 0.25) is 11.8 Å². The number of rotatable bonds is 9. The van der Waals surface area contributed by atoms with Crippen LogP contribution in [0.15, 0.2) is 54.6 Å². The number of nitrogens with zero attached hydrogens (tertiary/aromatic N) is 1.